The molecule has 3 N–H and O–H groups in total. The first-order valence-corrected chi connectivity index (χ1v) is 9.14. The van der Waals surface area contributed by atoms with Crippen LogP contribution in [-0.2, 0) is 0 Å². The molecule has 0 unspecified atom stereocenters. The number of carbonyl (C=O) groups is 1. The van der Waals surface area contributed by atoms with E-state index < -0.39 is 0 Å². The zero-order chi connectivity index (χ0) is 18.7. The Morgan fingerprint density at radius 1 is 1.00 bits per heavy atom. The summed E-state index contributed by atoms with van der Waals surface area (Å²) in [5.74, 6) is 0.401. The zero-order valence-corrected chi connectivity index (χ0v) is 16.0. The van der Waals surface area contributed by atoms with E-state index in [1.54, 1.807) is 43.3 Å². The number of rotatable bonds is 4. The summed E-state index contributed by atoms with van der Waals surface area (Å²) >= 11 is 13.1. The van der Waals surface area contributed by atoms with Gasteiger partial charge in [-0.1, -0.05) is 35.0 Å². The molecule has 132 valence electrons. The number of nitrogens with one attached hydrogen (secondary N) is 1. The Morgan fingerprint density at radius 3 is 2.19 bits per heavy atom. The Labute approximate surface area is 164 Å². The number of hydrogen-bond acceptors (Lipinski definition) is 5. The number of carbonyl (C=O) groups excluding carboxylic acids is 1. The largest absolute Gasteiger partial charge is 0.382 e. The molecule has 0 fully saturated rings. The van der Waals surface area contributed by atoms with Crippen LogP contribution in [0.2, 0.25) is 10.0 Å². The Hall–Kier alpha value is -2.28. The van der Waals surface area contributed by atoms with Crippen molar-refractivity contribution >= 4 is 52.4 Å². The lowest BCUT2D eigenvalue weighted by atomic mass is 10.2. The number of aromatic nitrogens is 2. The summed E-state index contributed by atoms with van der Waals surface area (Å²) in [7, 11) is 0. The molecule has 0 atom stereocenters. The maximum Gasteiger partial charge on any atom is 0.255 e. The van der Waals surface area contributed by atoms with Gasteiger partial charge in [0.25, 0.3) is 5.91 Å². The van der Waals surface area contributed by atoms with Crippen LogP contribution in [0.1, 0.15) is 16.2 Å². The van der Waals surface area contributed by atoms with Gasteiger partial charge in [-0.05, 0) is 55.5 Å². The van der Waals surface area contributed by atoms with E-state index in [4.69, 9.17) is 28.9 Å². The van der Waals surface area contributed by atoms with Crippen molar-refractivity contribution in [3.05, 3.63) is 70.0 Å². The highest BCUT2D eigenvalue weighted by Gasteiger charge is 2.16. The number of aryl methyl sites for hydroxylation is 1. The van der Waals surface area contributed by atoms with Crippen molar-refractivity contribution < 1.29 is 4.79 Å². The lowest BCUT2D eigenvalue weighted by Gasteiger charge is -2.13. The lowest BCUT2D eigenvalue weighted by molar-refractivity contribution is 0.102. The molecule has 0 aliphatic heterocycles. The minimum atomic E-state index is -0.321. The van der Waals surface area contributed by atoms with Crippen molar-refractivity contribution in [1.82, 2.24) is 9.97 Å². The Morgan fingerprint density at radius 2 is 1.58 bits per heavy atom. The highest BCUT2D eigenvalue weighted by Crippen LogP contribution is 2.35. The predicted octanol–water partition coefficient (Wildman–Crippen LogP) is 5.08. The molecular formula is C18H14Cl2N4OS. The molecule has 0 aliphatic carbocycles. The fraction of sp³-hybridized carbons (Fsp3) is 0.0556. The van der Waals surface area contributed by atoms with Gasteiger partial charge in [-0.15, -0.1) is 0 Å². The molecule has 0 saturated heterocycles. The number of amides is 1. The molecule has 3 rings (SSSR count). The number of nitrogens with zero attached hydrogens (tertiary/aromatic N) is 2. The lowest BCUT2D eigenvalue weighted by Crippen LogP contribution is -2.15. The number of hydrogen-bond donors (Lipinski definition) is 2. The third-order valence-electron chi connectivity index (χ3n) is 3.39. The maximum absolute atomic E-state index is 12.5. The van der Waals surface area contributed by atoms with Crippen molar-refractivity contribution in [3.8, 4) is 0 Å². The molecule has 0 spiro atoms. The molecule has 1 aromatic heterocycles. The van der Waals surface area contributed by atoms with Gasteiger partial charge in [-0.25, -0.2) is 9.97 Å². The van der Waals surface area contributed by atoms with Crippen LogP contribution in [0.25, 0.3) is 0 Å². The van der Waals surface area contributed by atoms with Crippen LogP contribution < -0.4 is 11.1 Å². The maximum atomic E-state index is 12.5. The third kappa shape index (κ3) is 4.46. The highest BCUT2D eigenvalue weighted by atomic mass is 35.5. The zero-order valence-electron chi connectivity index (χ0n) is 13.7. The topological polar surface area (TPSA) is 80.9 Å². The second kappa shape index (κ2) is 7.95. The van der Waals surface area contributed by atoms with E-state index in [9.17, 15) is 4.79 Å². The van der Waals surface area contributed by atoms with Crippen LogP contribution in [0, 0.1) is 6.92 Å². The molecule has 0 aliphatic rings. The Balaban J connectivity index is 1.91. The van der Waals surface area contributed by atoms with Gasteiger partial charge in [0.05, 0.1) is 0 Å². The summed E-state index contributed by atoms with van der Waals surface area (Å²) in [5, 5.41) is 4.55. The highest BCUT2D eigenvalue weighted by molar-refractivity contribution is 7.99. The van der Waals surface area contributed by atoms with E-state index in [0.717, 1.165) is 4.90 Å². The van der Waals surface area contributed by atoms with E-state index in [0.29, 0.717) is 32.1 Å². The van der Waals surface area contributed by atoms with Gasteiger partial charge in [-0.2, -0.15) is 0 Å². The fourth-order valence-electron chi connectivity index (χ4n) is 2.16. The number of nitrogens with two attached hydrogens (primary N) is 1. The van der Waals surface area contributed by atoms with Crippen LogP contribution in [0.3, 0.4) is 0 Å². The van der Waals surface area contributed by atoms with Gasteiger partial charge in [0.2, 0.25) is 0 Å². The minimum Gasteiger partial charge on any atom is -0.382 e. The molecule has 0 bridgehead atoms. The van der Waals surface area contributed by atoms with Gasteiger partial charge >= 0.3 is 0 Å². The first-order chi connectivity index (χ1) is 12.4. The first kappa shape index (κ1) is 18.5. The Kier molecular flexibility index (Phi) is 5.66. The van der Waals surface area contributed by atoms with Crippen molar-refractivity contribution in [2.45, 2.75) is 16.8 Å². The first-order valence-electron chi connectivity index (χ1n) is 7.57. The van der Waals surface area contributed by atoms with E-state index >= 15 is 0 Å². The van der Waals surface area contributed by atoms with Crippen LogP contribution in [0.15, 0.2) is 58.5 Å². The molecule has 5 nitrogen and oxygen atoms in total. The SMILES string of the molecule is Cc1nc(N)c(NC(=O)c2ccc(Cl)cc2)c(Sc2ccc(Cl)cc2)n1. The van der Waals surface area contributed by atoms with Crippen molar-refractivity contribution in [1.29, 1.82) is 0 Å². The average Bonchev–Trinajstić information content (AvgIpc) is 2.60. The fourth-order valence-corrected chi connectivity index (χ4v) is 3.34. The summed E-state index contributed by atoms with van der Waals surface area (Å²) in [6, 6.07) is 13.9. The quantitative estimate of drug-likeness (QED) is 0.592. The summed E-state index contributed by atoms with van der Waals surface area (Å²) in [4.78, 5) is 22.0. The third-order valence-corrected chi connectivity index (χ3v) is 4.89. The van der Waals surface area contributed by atoms with Gasteiger partial charge in [0.1, 0.15) is 16.5 Å². The molecule has 1 heterocycles. The molecule has 0 radical (unpaired) electrons. The van der Waals surface area contributed by atoms with Crippen molar-refractivity contribution in [2.75, 3.05) is 11.1 Å². The second-order valence-corrected chi connectivity index (χ2v) is 7.29. The summed E-state index contributed by atoms with van der Waals surface area (Å²) < 4.78 is 0. The van der Waals surface area contributed by atoms with Crippen molar-refractivity contribution in [3.63, 3.8) is 0 Å². The molecule has 3 aromatic rings. The summed E-state index contributed by atoms with van der Waals surface area (Å²) in [6.07, 6.45) is 0. The predicted molar refractivity (Wildman–Crippen MR) is 106 cm³/mol. The van der Waals surface area contributed by atoms with Crippen LogP contribution >= 0.6 is 35.0 Å². The summed E-state index contributed by atoms with van der Waals surface area (Å²) in [6.45, 7) is 1.74. The molecule has 2 aromatic carbocycles. The van der Waals surface area contributed by atoms with Crippen LogP contribution in [0.4, 0.5) is 11.5 Å². The van der Waals surface area contributed by atoms with Crippen LogP contribution in [0.5, 0.6) is 0 Å². The van der Waals surface area contributed by atoms with Gasteiger partial charge < -0.3 is 11.1 Å². The van der Waals surface area contributed by atoms with Gasteiger partial charge in [0, 0.05) is 20.5 Å². The smallest absolute Gasteiger partial charge is 0.255 e. The van der Waals surface area contributed by atoms with Crippen molar-refractivity contribution in [2.24, 2.45) is 0 Å². The Bertz CT molecular complexity index is 947. The molecule has 1 amide bonds. The number of halogens is 2. The average molecular weight is 405 g/mol. The minimum absolute atomic E-state index is 0.205. The molecular weight excluding hydrogens is 391 g/mol. The molecule has 8 heteroatoms. The standard InChI is InChI=1S/C18H14Cl2N4OS/c1-10-22-16(21)15(24-17(25)11-2-4-12(19)5-3-11)18(23-10)26-14-8-6-13(20)7-9-14/h2-9H,1H3,(H,24,25)(H2,21,22,23). The van der Waals surface area contributed by atoms with E-state index in [2.05, 4.69) is 15.3 Å². The van der Waals surface area contributed by atoms with Gasteiger partial charge in [-0.3, -0.25) is 4.79 Å². The molecule has 0 saturated carbocycles. The van der Waals surface area contributed by atoms with E-state index in [1.165, 1.54) is 11.8 Å². The monoisotopic (exact) mass is 404 g/mol. The number of benzene rings is 2. The van der Waals surface area contributed by atoms with Crippen LogP contribution in [-0.4, -0.2) is 15.9 Å². The van der Waals surface area contributed by atoms with E-state index in [-0.39, 0.29) is 11.7 Å². The summed E-state index contributed by atoms with van der Waals surface area (Å²) in [5.41, 5.74) is 6.86. The van der Waals surface area contributed by atoms with E-state index in [1.807, 2.05) is 12.1 Å². The number of nitrogen functional groups attached to an aromatic ring is 1. The van der Waals surface area contributed by atoms with Gasteiger partial charge in [0.15, 0.2) is 5.82 Å². The normalized spacial score (nSPS) is 10.6. The second-order valence-electron chi connectivity index (χ2n) is 5.35. The molecule has 26 heavy (non-hydrogen) atoms. The number of anilines is 2.